The first-order valence-electron chi connectivity index (χ1n) is 9.90. The molecule has 29 heavy (non-hydrogen) atoms. The van der Waals surface area contributed by atoms with Gasteiger partial charge in [0.2, 0.25) is 15.9 Å². The van der Waals surface area contributed by atoms with Crippen molar-refractivity contribution in [2.45, 2.75) is 57.8 Å². The van der Waals surface area contributed by atoms with Crippen LogP contribution in [0.2, 0.25) is 0 Å². The van der Waals surface area contributed by atoms with Gasteiger partial charge in [0.05, 0.1) is 5.01 Å². The summed E-state index contributed by atoms with van der Waals surface area (Å²) in [5.41, 5.74) is 1.43. The Morgan fingerprint density at radius 1 is 1.28 bits per heavy atom. The number of piperidine rings is 1. The van der Waals surface area contributed by atoms with Crippen molar-refractivity contribution in [3.8, 4) is 0 Å². The van der Waals surface area contributed by atoms with E-state index < -0.39 is 10.0 Å². The first-order valence-corrected chi connectivity index (χ1v) is 12.2. The lowest BCUT2D eigenvalue weighted by molar-refractivity contribution is -0.126. The van der Waals surface area contributed by atoms with Gasteiger partial charge in [-0.25, -0.2) is 13.4 Å². The number of hydrogen-bond donors (Lipinski definition) is 1. The number of carbonyl (C=O) groups is 1. The number of carbonyl (C=O) groups excluding carboxylic acids is 1. The van der Waals surface area contributed by atoms with Crippen LogP contribution in [0.1, 0.15) is 47.8 Å². The summed E-state index contributed by atoms with van der Waals surface area (Å²) in [7, 11) is -3.64. The Hall–Kier alpha value is -1.78. The highest BCUT2D eigenvalue weighted by Crippen LogP contribution is 2.27. The molecule has 0 unspecified atom stereocenters. The van der Waals surface area contributed by atoms with E-state index in [-0.39, 0.29) is 16.7 Å². The van der Waals surface area contributed by atoms with Crippen LogP contribution in [0, 0.1) is 26.7 Å². The smallest absolute Gasteiger partial charge is 0.248 e. The molecule has 1 aliphatic heterocycles. The minimum atomic E-state index is -3.64. The van der Waals surface area contributed by atoms with E-state index in [2.05, 4.69) is 20.8 Å². The third-order valence-corrected chi connectivity index (χ3v) is 8.34. The molecule has 1 N–H and O–H groups in total. The monoisotopic (exact) mass is 440 g/mol. The minimum absolute atomic E-state index is 0.0180. The molecule has 0 bridgehead atoms. The third-order valence-electron chi connectivity index (χ3n) is 5.17. The lowest BCUT2D eigenvalue weighted by atomic mass is 9.97. The third kappa shape index (κ3) is 5.23. The summed E-state index contributed by atoms with van der Waals surface area (Å²) in [6.45, 7) is 6.51. The minimum Gasteiger partial charge on any atom is -0.360 e. The summed E-state index contributed by atoms with van der Waals surface area (Å²) in [5, 5.41) is 9.93. The van der Waals surface area contributed by atoms with Crippen molar-refractivity contribution >= 4 is 27.3 Å². The number of amides is 1. The van der Waals surface area contributed by atoms with Crippen LogP contribution in [-0.2, 0) is 21.2 Å². The molecule has 2 aromatic rings. The number of aryl methyl sites for hydroxylation is 4. The van der Waals surface area contributed by atoms with Gasteiger partial charge in [-0.15, -0.1) is 11.3 Å². The molecule has 0 saturated carbocycles. The molecule has 10 heteroatoms. The van der Waals surface area contributed by atoms with E-state index in [1.807, 2.05) is 6.92 Å². The van der Waals surface area contributed by atoms with Crippen LogP contribution in [-0.4, -0.2) is 48.4 Å². The topological polar surface area (TPSA) is 105 Å². The number of aromatic nitrogens is 2. The summed E-state index contributed by atoms with van der Waals surface area (Å²) >= 11 is 1.68. The average Bonchev–Trinajstić information content (AvgIpc) is 3.26. The molecule has 8 nitrogen and oxygen atoms in total. The van der Waals surface area contributed by atoms with Gasteiger partial charge in [0.1, 0.15) is 10.6 Å². The number of hydrogen-bond acceptors (Lipinski definition) is 7. The van der Waals surface area contributed by atoms with Gasteiger partial charge in [-0.05, 0) is 52.9 Å². The number of rotatable bonds is 8. The number of unbranched alkanes of at least 4 members (excludes halogenated alkanes) is 1. The van der Waals surface area contributed by atoms with Crippen LogP contribution in [0.3, 0.4) is 0 Å². The van der Waals surface area contributed by atoms with Crippen molar-refractivity contribution < 1.29 is 17.7 Å². The molecule has 0 atom stereocenters. The highest BCUT2D eigenvalue weighted by molar-refractivity contribution is 7.89. The lowest BCUT2D eigenvalue weighted by Crippen LogP contribution is -2.43. The summed E-state index contributed by atoms with van der Waals surface area (Å²) in [5.74, 6) is 0.174. The van der Waals surface area contributed by atoms with E-state index in [1.54, 1.807) is 25.2 Å². The molecule has 2 aromatic heterocycles. The maximum absolute atomic E-state index is 12.9. The molecule has 0 radical (unpaired) electrons. The second-order valence-corrected chi connectivity index (χ2v) is 10.3. The van der Waals surface area contributed by atoms with Gasteiger partial charge in [-0.1, -0.05) is 5.16 Å². The van der Waals surface area contributed by atoms with Crippen molar-refractivity contribution in [1.29, 1.82) is 0 Å². The number of sulfonamides is 1. The van der Waals surface area contributed by atoms with E-state index in [4.69, 9.17) is 4.52 Å². The van der Waals surface area contributed by atoms with Gasteiger partial charge in [0, 0.05) is 36.6 Å². The van der Waals surface area contributed by atoms with Crippen LogP contribution in [0.5, 0.6) is 0 Å². The summed E-state index contributed by atoms with van der Waals surface area (Å²) in [4.78, 5) is 17.0. The van der Waals surface area contributed by atoms with Crippen molar-refractivity contribution in [2.75, 3.05) is 19.6 Å². The molecule has 0 aromatic carbocycles. The van der Waals surface area contributed by atoms with Crippen molar-refractivity contribution in [2.24, 2.45) is 5.92 Å². The molecule has 3 rings (SSSR count). The number of thiazole rings is 1. The molecule has 0 aliphatic carbocycles. The van der Waals surface area contributed by atoms with Crippen LogP contribution >= 0.6 is 11.3 Å². The molecule has 160 valence electrons. The Balaban J connectivity index is 1.41. The number of nitrogens with zero attached hydrogens (tertiary/aromatic N) is 3. The zero-order valence-electron chi connectivity index (χ0n) is 17.1. The van der Waals surface area contributed by atoms with E-state index >= 15 is 0 Å². The molecule has 1 aliphatic rings. The van der Waals surface area contributed by atoms with Gasteiger partial charge >= 0.3 is 0 Å². The molecular weight excluding hydrogens is 412 g/mol. The van der Waals surface area contributed by atoms with Crippen LogP contribution in [0.4, 0.5) is 0 Å². The summed E-state index contributed by atoms with van der Waals surface area (Å²) < 4.78 is 32.1. The van der Waals surface area contributed by atoms with E-state index in [1.165, 1.54) is 4.31 Å². The zero-order valence-corrected chi connectivity index (χ0v) is 18.7. The van der Waals surface area contributed by atoms with Crippen molar-refractivity contribution in [1.82, 2.24) is 19.8 Å². The average molecular weight is 441 g/mol. The fourth-order valence-corrected chi connectivity index (χ4v) is 6.18. The van der Waals surface area contributed by atoms with E-state index in [0.717, 1.165) is 30.0 Å². The van der Waals surface area contributed by atoms with Gasteiger partial charge in [-0.2, -0.15) is 4.31 Å². The molecule has 3 heterocycles. The molecular formula is C19H28N4O4S2. The quantitative estimate of drug-likeness (QED) is 0.633. The summed E-state index contributed by atoms with van der Waals surface area (Å²) in [6.07, 6.45) is 3.87. The first-order chi connectivity index (χ1) is 13.8. The fraction of sp³-hybridized carbons (Fsp3) is 0.632. The van der Waals surface area contributed by atoms with E-state index in [9.17, 15) is 13.2 Å². The van der Waals surface area contributed by atoms with Crippen molar-refractivity contribution in [3.63, 3.8) is 0 Å². The SMILES string of the molecule is Cc1csc(CCCCNC(=O)C2CCN(S(=O)(=O)c3c(C)noc3C)CC2)n1. The first kappa shape index (κ1) is 21.9. The highest BCUT2D eigenvalue weighted by atomic mass is 32.2. The molecule has 1 saturated heterocycles. The predicted molar refractivity (Wildman–Crippen MR) is 110 cm³/mol. The van der Waals surface area contributed by atoms with Gasteiger partial charge in [0.25, 0.3) is 0 Å². The van der Waals surface area contributed by atoms with Crippen LogP contribution < -0.4 is 5.32 Å². The standard InChI is InChI=1S/C19H28N4O4S2/c1-13-12-28-17(21-13)6-4-5-9-20-19(24)16-7-10-23(11-8-16)29(25,26)18-14(2)22-27-15(18)3/h12,16H,4-11H2,1-3H3,(H,20,24). The molecule has 0 spiro atoms. The Morgan fingerprint density at radius 3 is 2.59 bits per heavy atom. The molecule has 1 fully saturated rings. The fourth-order valence-electron chi connectivity index (χ4n) is 3.61. The lowest BCUT2D eigenvalue weighted by Gasteiger charge is -2.30. The van der Waals surface area contributed by atoms with E-state index in [0.29, 0.717) is 43.9 Å². The van der Waals surface area contributed by atoms with Gasteiger partial charge in [-0.3, -0.25) is 4.79 Å². The summed E-state index contributed by atoms with van der Waals surface area (Å²) in [6, 6.07) is 0. The predicted octanol–water partition coefficient (Wildman–Crippen LogP) is 2.60. The Morgan fingerprint density at radius 2 is 2.00 bits per heavy atom. The van der Waals surface area contributed by atoms with Crippen molar-refractivity contribution in [3.05, 3.63) is 27.5 Å². The van der Waals surface area contributed by atoms with Crippen LogP contribution in [0.25, 0.3) is 0 Å². The highest BCUT2D eigenvalue weighted by Gasteiger charge is 2.35. The maximum atomic E-state index is 12.9. The van der Waals surface area contributed by atoms with Gasteiger partial charge in [0.15, 0.2) is 5.76 Å². The number of nitrogens with one attached hydrogen (secondary N) is 1. The molecule has 1 amide bonds. The van der Waals surface area contributed by atoms with Gasteiger partial charge < -0.3 is 9.84 Å². The Bertz CT molecular complexity index is 924. The Labute approximate surface area is 175 Å². The zero-order chi connectivity index (χ0) is 21.0. The Kier molecular flexibility index (Phi) is 7.07. The normalized spacial score (nSPS) is 16.2. The van der Waals surface area contributed by atoms with Crippen LogP contribution in [0.15, 0.2) is 14.8 Å². The largest absolute Gasteiger partial charge is 0.360 e. The second kappa shape index (κ2) is 9.36. The maximum Gasteiger partial charge on any atom is 0.248 e. The second-order valence-electron chi connectivity index (χ2n) is 7.46.